The summed E-state index contributed by atoms with van der Waals surface area (Å²) in [4.78, 5) is 24.4. The Morgan fingerprint density at radius 2 is 2.00 bits per heavy atom. The molecule has 1 aromatic heterocycles. The Morgan fingerprint density at radius 1 is 1.30 bits per heavy atom. The number of halogens is 1. The van der Waals surface area contributed by atoms with E-state index in [-0.39, 0.29) is 29.3 Å². The number of esters is 1. The maximum Gasteiger partial charge on any atom is 0.343 e. The van der Waals surface area contributed by atoms with Gasteiger partial charge in [0.25, 0.3) is 5.91 Å². The van der Waals surface area contributed by atoms with E-state index in [1.54, 1.807) is 14.0 Å². The number of carbonyl (C=O) groups excluding carboxylic acids is 2. The first-order valence-electron chi connectivity index (χ1n) is 9.14. The highest BCUT2D eigenvalue weighted by molar-refractivity contribution is 6.32. The van der Waals surface area contributed by atoms with Crippen molar-refractivity contribution in [2.24, 2.45) is 7.05 Å². The average Bonchev–Trinajstić information content (AvgIpc) is 2.91. The lowest BCUT2D eigenvalue weighted by molar-refractivity contribution is -0.124. The molecule has 144 valence electrons. The number of benzene rings is 1. The minimum Gasteiger partial charge on any atom is -0.452 e. The summed E-state index contributed by atoms with van der Waals surface area (Å²) >= 11 is 6.05. The number of carbonyl (C=O) groups is 2. The van der Waals surface area contributed by atoms with E-state index in [9.17, 15) is 9.59 Å². The molecule has 2 aromatic rings. The molecule has 0 saturated heterocycles. The fourth-order valence-corrected chi connectivity index (χ4v) is 3.71. The number of ether oxygens (including phenoxy) is 1. The highest BCUT2D eigenvalue weighted by Crippen LogP contribution is 2.25. The number of rotatable bonds is 5. The van der Waals surface area contributed by atoms with Crippen molar-refractivity contribution in [3.8, 4) is 0 Å². The topological polar surface area (TPSA) is 73.2 Å². The molecule has 1 aromatic carbocycles. The zero-order valence-electron chi connectivity index (χ0n) is 15.8. The van der Waals surface area contributed by atoms with Crippen LogP contribution in [0, 0.1) is 6.92 Å². The van der Waals surface area contributed by atoms with E-state index in [2.05, 4.69) is 28.6 Å². The number of fused-ring (bicyclic) bond motifs is 1. The largest absolute Gasteiger partial charge is 0.452 e. The smallest absolute Gasteiger partial charge is 0.343 e. The second kappa shape index (κ2) is 8.13. The summed E-state index contributed by atoms with van der Waals surface area (Å²) in [5.41, 5.74) is 4.49. The lowest BCUT2D eigenvalue weighted by Gasteiger charge is -2.20. The van der Waals surface area contributed by atoms with Crippen LogP contribution in [0.3, 0.4) is 0 Å². The average molecular weight is 390 g/mol. The van der Waals surface area contributed by atoms with Gasteiger partial charge in [0.1, 0.15) is 10.7 Å². The van der Waals surface area contributed by atoms with Crippen LogP contribution in [0.5, 0.6) is 0 Å². The van der Waals surface area contributed by atoms with E-state index < -0.39 is 5.97 Å². The molecule has 1 amide bonds. The van der Waals surface area contributed by atoms with E-state index >= 15 is 0 Å². The van der Waals surface area contributed by atoms with E-state index in [0.29, 0.717) is 5.69 Å². The number of nitrogens with zero attached hydrogens (tertiary/aromatic N) is 2. The van der Waals surface area contributed by atoms with Crippen LogP contribution < -0.4 is 5.32 Å². The van der Waals surface area contributed by atoms with Crippen molar-refractivity contribution in [2.75, 3.05) is 6.61 Å². The van der Waals surface area contributed by atoms with Crippen molar-refractivity contribution in [2.45, 2.75) is 45.6 Å². The fraction of sp³-hybridized carbons (Fsp3) is 0.450. The number of aryl methyl sites for hydroxylation is 4. The fourth-order valence-electron chi connectivity index (χ4n) is 3.45. The highest BCUT2D eigenvalue weighted by Gasteiger charge is 2.21. The molecule has 1 atom stereocenters. The molecule has 1 aliphatic carbocycles. The maximum absolute atomic E-state index is 12.2. The minimum atomic E-state index is -0.651. The van der Waals surface area contributed by atoms with E-state index in [1.165, 1.54) is 28.7 Å². The molecule has 0 spiro atoms. The minimum absolute atomic E-state index is 0.160. The molecule has 1 aliphatic rings. The van der Waals surface area contributed by atoms with Gasteiger partial charge in [-0.25, -0.2) is 4.79 Å². The van der Waals surface area contributed by atoms with Gasteiger partial charge in [0.05, 0.1) is 11.7 Å². The third-order valence-corrected chi connectivity index (χ3v) is 5.37. The first-order chi connectivity index (χ1) is 12.9. The normalized spacial score (nSPS) is 14.4. The van der Waals surface area contributed by atoms with Crippen molar-refractivity contribution in [3.05, 3.63) is 51.3 Å². The summed E-state index contributed by atoms with van der Waals surface area (Å²) in [7, 11) is 1.64. The third-order valence-electron chi connectivity index (χ3n) is 4.94. The van der Waals surface area contributed by atoms with Gasteiger partial charge in [-0.15, -0.1) is 0 Å². The zero-order valence-corrected chi connectivity index (χ0v) is 16.6. The molecule has 0 saturated carbocycles. The second-order valence-corrected chi connectivity index (χ2v) is 7.33. The number of hydrogen-bond donors (Lipinski definition) is 1. The lowest BCUT2D eigenvalue weighted by Crippen LogP contribution is -2.31. The van der Waals surface area contributed by atoms with E-state index in [4.69, 9.17) is 16.3 Å². The first kappa shape index (κ1) is 19.4. The quantitative estimate of drug-likeness (QED) is 0.796. The van der Waals surface area contributed by atoms with Crippen molar-refractivity contribution < 1.29 is 14.3 Å². The third kappa shape index (κ3) is 4.33. The Morgan fingerprint density at radius 3 is 2.67 bits per heavy atom. The molecule has 3 rings (SSSR count). The maximum atomic E-state index is 12.2. The molecule has 0 fully saturated rings. The van der Waals surface area contributed by atoms with Crippen LogP contribution in [0.25, 0.3) is 0 Å². The van der Waals surface area contributed by atoms with Gasteiger partial charge in [-0.2, -0.15) is 5.10 Å². The Hall–Kier alpha value is -2.34. The Bertz CT molecular complexity index is 876. The Kier molecular flexibility index (Phi) is 5.85. The molecule has 1 unspecified atom stereocenters. The molecule has 0 radical (unpaired) electrons. The van der Waals surface area contributed by atoms with E-state index in [0.717, 1.165) is 18.4 Å². The van der Waals surface area contributed by atoms with Crippen LogP contribution in [0.4, 0.5) is 0 Å². The van der Waals surface area contributed by atoms with Crippen LogP contribution in [0.1, 0.15) is 58.5 Å². The summed E-state index contributed by atoms with van der Waals surface area (Å²) in [5.74, 6) is -1.01. The molecule has 27 heavy (non-hydrogen) atoms. The Labute approximate surface area is 163 Å². The molecule has 0 bridgehead atoms. The molecule has 1 heterocycles. The Balaban J connectivity index is 1.56. The molecule has 6 nitrogen and oxygen atoms in total. The van der Waals surface area contributed by atoms with Crippen LogP contribution in [0.15, 0.2) is 18.2 Å². The summed E-state index contributed by atoms with van der Waals surface area (Å²) < 4.78 is 6.50. The van der Waals surface area contributed by atoms with Crippen LogP contribution in [0.2, 0.25) is 5.15 Å². The molecule has 0 aliphatic heterocycles. The number of aromatic nitrogens is 2. The molecule has 7 heteroatoms. The number of hydrogen-bond acceptors (Lipinski definition) is 4. The second-order valence-electron chi connectivity index (χ2n) is 6.98. The van der Waals surface area contributed by atoms with Crippen molar-refractivity contribution in [3.63, 3.8) is 0 Å². The molecule has 1 N–H and O–H groups in total. The predicted octanol–water partition coefficient (Wildman–Crippen LogP) is 3.29. The monoisotopic (exact) mass is 389 g/mol. The lowest BCUT2D eigenvalue weighted by atomic mass is 9.89. The number of nitrogens with one attached hydrogen (secondary N) is 1. The summed E-state index contributed by atoms with van der Waals surface area (Å²) in [6.45, 7) is 3.23. The van der Waals surface area contributed by atoms with Gasteiger partial charge in [0.15, 0.2) is 6.61 Å². The summed E-state index contributed by atoms with van der Waals surface area (Å²) in [5, 5.41) is 7.13. The molecular formula is C20H24ClN3O3. The SMILES string of the molecule is Cc1nn(C)c(Cl)c1C(=O)OCC(=O)NC(C)c1ccc2c(c1)CCCC2. The van der Waals surface area contributed by atoms with Gasteiger partial charge in [-0.05, 0) is 56.2 Å². The molecular weight excluding hydrogens is 366 g/mol. The summed E-state index contributed by atoms with van der Waals surface area (Å²) in [6.07, 6.45) is 4.67. The predicted molar refractivity (Wildman–Crippen MR) is 103 cm³/mol. The van der Waals surface area contributed by atoms with Crippen LogP contribution in [-0.4, -0.2) is 28.3 Å². The van der Waals surface area contributed by atoms with Crippen LogP contribution >= 0.6 is 11.6 Å². The van der Waals surface area contributed by atoms with Gasteiger partial charge in [-0.1, -0.05) is 29.8 Å². The van der Waals surface area contributed by atoms with Gasteiger partial charge in [-0.3, -0.25) is 9.48 Å². The standard InChI is InChI=1S/C20H24ClN3O3/c1-12(15-9-8-14-6-4-5-7-16(14)10-15)22-17(25)11-27-20(26)18-13(2)23-24(3)19(18)21/h8-10,12H,4-7,11H2,1-3H3,(H,22,25). The van der Waals surface area contributed by atoms with Gasteiger partial charge in [0, 0.05) is 7.05 Å². The zero-order chi connectivity index (χ0) is 19.6. The van der Waals surface area contributed by atoms with Crippen molar-refractivity contribution in [1.29, 1.82) is 0 Å². The van der Waals surface area contributed by atoms with Gasteiger partial charge in [0.2, 0.25) is 0 Å². The van der Waals surface area contributed by atoms with Crippen LogP contribution in [-0.2, 0) is 29.4 Å². The number of amides is 1. The van der Waals surface area contributed by atoms with Gasteiger partial charge >= 0.3 is 5.97 Å². The highest BCUT2D eigenvalue weighted by atomic mass is 35.5. The van der Waals surface area contributed by atoms with Gasteiger partial charge < -0.3 is 10.1 Å². The van der Waals surface area contributed by atoms with Crippen molar-refractivity contribution in [1.82, 2.24) is 15.1 Å². The summed E-state index contributed by atoms with van der Waals surface area (Å²) in [6, 6.07) is 6.22. The van der Waals surface area contributed by atoms with Crippen molar-refractivity contribution >= 4 is 23.5 Å². The first-order valence-corrected chi connectivity index (χ1v) is 9.52. The van der Waals surface area contributed by atoms with E-state index in [1.807, 2.05) is 6.92 Å².